The standard InChI is InChI=1S/C16H24ClN3O3S/c1-3-13(2)18-16(21)12-19-8-10-20(11-9-19)24(22,23)15-7-5-4-6-14(15)17/h4-7,13H,3,8-12H2,1-2H3,(H,18,21)/p+1/t13-/m1/s1. The second-order valence-corrected chi connectivity index (χ2v) is 8.45. The molecule has 24 heavy (non-hydrogen) atoms. The number of carbonyl (C=O) groups is 1. The molecule has 0 spiro atoms. The molecule has 0 unspecified atom stereocenters. The fraction of sp³-hybridized carbons (Fsp3) is 0.562. The summed E-state index contributed by atoms with van der Waals surface area (Å²) in [6.07, 6.45) is 0.894. The summed E-state index contributed by atoms with van der Waals surface area (Å²) in [7, 11) is -3.58. The zero-order valence-electron chi connectivity index (χ0n) is 14.1. The van der Waals surface area contributed by atoms with Gasteiger partial charge in [0.25, 0.3) is 5.91 Å². The molecule has 2 rings (SSSR count). The lowest BCUT2D eigenvalue weighted by molar-refractivity contribution is -0.895. The van der Waals surface area contributed by atoms with Crippen molar-refractivity contribution in [2.45, 2.75) is 31.2 Å². The highest BCUT2D eigenvalue weighted by molar-refractivity contribution is 7.89. The number of halogens is 1. The van der Waals surface area contributed by atoms with Gasteiger partial charge < -0.3 is 10.2 Å². The number of piperazine rings is 1. The smallest absolute Gasteiger partial charge is 0.275 e. The van der Waals surface area contributed by atoms with Crippen LogP contribution in [-0.4, -0.2) is 57.4 Å². The molecule has 2 N–H and O–H groups in total. The van der Waals surface area contributed by atoms with Gasteiger partial charge >= 0.3 is 0 Å². The number of benzene rings is 1. The average Bonchev–Trinajstić information content (AvgIpc) is 2.55. The van der Waals surface area contributed by atoms with E-state index in [-0.39, 0.29) is 21.9 Å². The topological polar surface area (TPSA) is 70.9 Å². The Kier molecular flexibility index (Phi) is 6.62. The lowest BCUT2D eigenvalue weighted by atomic mass is 10.2. The van der Waals surface area contributed by atoms with E-state index in [1.165, 1.54) is 10.4 Å². The van der Waals surface area contributed by atoms with Gasteiger partial charge in [0.15, 0.2) is 6.54 Å². The molecule has 1 saturated heterocycles. The third kappa shape index (κ3) is 4.69. The summed E-state index contributed by atoms with van der Waals surface area (Å²) in [5.74, 6) is 0.0155. The molecule has 1 atom stereocenters. The van der Waals surface area contributed by atoms with Crippen molar-refractivity contribution in [2.24, 2.45) is 0 Å². The number of rotatable bonds is 6. The van der Waals surface area contributed by atoms with Crippen molar-refractivity contribution in [1.82, 2.24) is 9.62 Å². The van der Waals surface area contributed by atoms with E-state index in [0.717, 1.165) is 11.3 Å². The van der Waals surface area contributed by atoms with Crippen molar-refractivity contribution < 1.29 is 18.1 Å². The Bertz CT molecular complexity index is 673. The van der Waals surface area contributed by atoms with Crippen LogP contribution >= 0.6 is 11.6 Å². The van der Waals surface area contributed by atoms with Crippen LogP contribution in [0.15, 0.2) is 29.2 Å². The third-order valence-corrected chi connectivity index (χ3v) is 6.71. The van der Waals surface area contributed by atoms with Gasteiger partial charge in [0.2, 0.25) is 10.0 Å². The minimum absolute atomic E-state index is 0.0155. The summed E-state index contributed by atoms with van der Waals surface area (Å²) in [6, 6.07) is 6.64. The molecule has 0 bridgehead atoms. The molecular weight excluding hydrogens is 350 g/mol. The maximum absolute atomic E-state index is 12.7. The van der Waals surface area contributed by atoms with E-state index in [0.29, 0.717) is 32.7 Å². The molecule has 0 aliphatic carbocycles. The summed E-state index contributed by atoms with van der Waals surface area (Å²) >= 11 is 6.02. The number of amides is 1. The Morgan fingerprint density at radius 1 is 1.33 bits per heavy atom. The molecule has 1 fully saturated rings. The van der Waals surface area contributed by atoms with Crippen LogP contribution in [0.2, 0.25) is 5.02 Å². The summed E-state index contributed by atoms with van der Waals surface area (Å²) in [5.41, 5.74) is 0. The average molecular weight is 375 g/mol. The molecule has 1 heterocycles. The van der Waals surface area contributed by atoms with Crippen LogP contribution in [0.4, 0.5) is 0 Å². The number of nitrogens with zero attached hydrogens (tertiary/aromatic N) is 1. The zero-order valence-corrected chi connectivity index (χ0v) is 15.7. The van der Waals surface area contributed by atoms with Crippen LogP contribution in [0, 0.1) is 0 Å². The number of quaternary nitrogens is 1. The van der Waals surface area contributed by atoms with E-state index in [9.17, 15) is 13.2 Å². The minimum atomic E-state index is -3.58. The van der Waals surface area contributed by atoms with Gasteiger partial charge in [-0.25, -0.2) is 8.42 Å². The van der Waals surface area contributed by atoms with Gasteiger partial charge in [0.1, 0.15) is 4.90 Å². The summed E-state index contributed by atoms with van der Waals surface area (Å²) in [5, 5.41) is 3.18. The van der Waals surface area contributed by atoms with E-state index in [1.54, 1.807) is 18.2 Å². The number of sulfonamides is 1. The molecule has 1 aromatic carbocycles. The molecule has 8 heteroatoms. The van der Waals surface area contributed by atoms with Crippen LogP contribution < -0.4 is 10.2 Å². The molecule has 0 aromatic heterocycles. The lowest BCUT2D eigenvalue weighted by Crippen LogP contribution is -3.15. The summed E-state index contributed by atoms with van der Waals surface area (Å²) in [6.45, 7) is 6.37. The first kappa shape index (κ1) is 19.2. The number of carbonyl (C=O) groups excluding carboxylic acids is 1. The van der Waals surface area contributed by atoms with Gasteiger partial charge in [-0.2, -0.15) is 4.31 Å². The van der Waals surface area contributed by atoms with E-state index < -0.39 is 10.0 Å². The monoisotopic (exact) mass is 374 g/mol. The Balaban J connectivity index is 1.93. The van der Waals surface area contributed by atoms with E-state index in [2.05, 4.69) is 5.32 Å². The van der Waals surface area contributed by atoms with E-state index in [4.69, 9.17) is 11.6 Å². The Labute approximate surface area is 148 Å². The predicted molar refractivity (Wildman–Crippen MR) is 93.7 cm³/mol. The number of hydrogen-bond donors (Lipinski definition) is 2. The van der Waals surface area contributed by atoms with Crippen LogP contribution in [0.25, 0.3) is 0 Å². The third-order valence-electron chi connectivity index (χ3n) is 4.31. The maximum atomic E-state index is 12.7. The predicted octanol–water partition coefficient (Wildman–Crippen LogP) is 0.144. The number of nitrogens with one attached hydrogen (secondary N) is 2. The molecule has 0 saturated carbocycles. The van der Waals surface area contributed by atoms with Gasteiger partial charge in [-0.15, -0.1) is 0 Å². The first-order valence-corrected chi connectivity index (χ1v) is 10.0. The molecule has 0 radical (unpaired) electrons. The Morgan fingerprint density at radius 2 is 1.96 bits per heavy atom. The SMILES string of the molecule is CC[C@@H](C)NC(=O)C[NH+]1CCN(S(=O)(=O)c2ccccc2Cl)CC1. The molecular formula is C16H25ClN3O3S+. The minimum Gasteiger partial charge on any atom is -0.349 e. The van der Waals surface area contributed by atoms with Gasteiger partial charge in [-0.3, -0.25) is 4.79 Å². The highest BCUT2D eigenvalue weighted by Gasteiger charge is 2.32. The van der Waals surface area contributed by atoms with Crippen LogP contribution in [0.3, 0.4) is 0 Å². The van der Waals surface area contributed by atoms with Crippen LogP contribution in [0.5, 0.6) is 0 Å². The van der Waals surface area contributed by atoms with Crippen molar-refractivity contribution in [3.8, 4) is 0 Å². The normalized spacial score (nSPS) is 18.3. The van der Waals surface area contributed by atoms with Crippen LogP contribution in [0.1, 0.15) is 20.3 Å². The van der Waals surface area contributed by atoms with Crippen molar-refractivity contribution >= 4 is 27.5 Å². The van der Waals surface area contributed by atoms with Crippen molar-refractivity contribution in [2.75, 3.05) is 32.7 Å². The first-order valence-electron chi connectivity index (χ1n) is 8.22. The quantitative estimate of drug-likeness (QED) is 0.744. The molecule has 134 valence electrons. The van der Waals surface area contributed by atoms with Crippen molar-refractivity contribution in [3.63, 3.8) is 0 Å². The summed E-state index contributed by atoms with van der Waals surface area (Å²) in [4.78, 5) is 13.2. The van der Waals surface area contributed by atoms with Gasteiger partial charge in [-0.1, -0.05) is 30.7 Å². The Hall–Kier alpha value is -1.15. The lowest BCUT2D eigenvalue weighted by Gasteiger charge is -2.31. The summed E-state index contributed by atoms with van der Waals surface area (Å²) < 4.78 is 26.8. The van der Waals surface area contributed by atoms with Crippen molar-refractivity contribution in [1.29, 1.82) is 0 Å². The van der Waals surface area contributed by atoms with Gasteiger partial charge in [0.05, 0.1) is 31.2 Å². The molecule has 1 aromatic rings. The van der Waals surface area contributed by atoms with E-state index in [1.807, 2.05) is 13.8 Å². The maximum Gasteiger partial charge on any atom is 0.275 e. The molecule has 1 aliphatic rings. The highest BCUT2D eigenvalue weighted by atomic mass is 35.5. The fourth-order valence-corrected chi connectivity index (χ4v) is 4.60. The largest absolute Gasteiger partial charge is 0.349 e. The zero-order chi connectivity index (χ0) is 17.7. The second-order valence-electron chi connectivity index (χ2n) is 6.14. The number of hydrogen-bond acceptors (Lipinski definition) is 3. The first-order chi connectivity index (χ1) is 11.3. The second kappa shape index (κ2) is 8.29. The van der Waals surface area contributed by atoms with Gasteiger partial charge in [0, 0.05) is 6.04 Å². The van der Waals surface area contributed by atoms with E-state index >= 15 is 0 Å². The molecule has 1 amide bonds. The molecule has 1 aliphatic heterocycles. The van der Waals surface area contributed by atoms with Gasteiger partial charge in [-0.05, 0) is 25.5 Å². The molecule has 6 nitrogen and oxygen atoms in total. The Morgan fingerprint density at radius 3 is 2.54 bits per heavy atom. The van der Waals surface area contributed by atoms with Crippen LogP contribution in [-0.2, 0) is 14.8 Å². The fourth-order valence-electron chi connectivity index (χ4n) is 2.67. The highest BCUT2D eigenvalue weighted by Crippen LogP contribution is 2.23. The van der Waals surface area contributed by atoms with Crippen molar-refractivity contribution in [3.05, 3.63) is 29.3 Å².